The maximum Gasteiger partial charge on any atom is 0.371 e. The minimum atomic E-state index is -0.537. The molecular weight excluding hydrogens is 210 g/mol. The van der Waals surface area contributed by atoms with Crippen LogP contribution in [-0.2, 0) is 0 Å². The molecule has 0 atom stereocenters. The van der Waals surface area contributed by atoms with E-state index in [-0.39, 0.29) is 4.64 Å². The SMILES string of the molecule is O=c1oc2ccc(Cl)cc2[nH]c1=S. The van der Waals surface area contributed by atoms with E-state index >= 15 is 0 Å². The minimum absolute atomic E-state index is 0.0507. The van der Waals surface area contributed by atoms with Gasteiger partial charge in [-0.3, -0.25) is 0 Å². The topological polar surface area (TPSA) is 46.0 Å². The van der Waals surface area contributed by atoms with Gasteiger partial charge in [-0.15, -0.1) is 0 Å². The highest BCUT2D eigenvalue weighted by Crippen LogP contribution is 2.15. The summed E-state index contributed by atoms with van der Waals surface area (Å²) in [5.74, 6) is 0. The van der Waals surface area contributed by atoms with Gasteiger partial charge in [-0.2, -0.15) is 0 Å². The molecule has 0 spiro atoms. The molecule has 0 unspecified atom stereocenters. The zero-order chi connectivity index (χ0) is 9.42. The largest absolute Gasteiger partial charge is 0.419 e. The normalized spacial score (nSPS) is 10.5. The van der Waals surface area contributed by atoms with Crippen molar-refractivity contribution in [1.29, 1.82) is 0 Å². The number of benzene rings is 1. The van der Waals surface area contributed by atoms with E-state index in [1.165, 1.54) is 0 Å². The summed E-state index contributed by atoms with van der Waals surface area (Å²) in [5.41, 5.74) is 0.532. The average Bonchev–Trinajstić information content (AvgIpc) is 2.08. The van der Waals surface area contributed by atoms with Gasteiger partial charge in [0.2, 0.25) is 0 Å². The van der Waals surface area contributed by atoms with Crippen LogP contribution < -0.4 is 5.63 Å². The van der Waals surface area contributed by atoms with Crippen molar-refractivity contribution in [3.63, 3.8) is 0 Å². The van der Waals surface area contributed by atoms with Crippen LogP contribution in [0.4, 0.5) is 0 Å². The zero-order valence-electron chi connectivity index (χ0n) is 6.33. The van der Waals surface area contributed by atoms with Crippen LogP contribution in [0.5, 0.6) is 0 Å². The van der Waals surface area contributed by atoms with Gasteiger partial charge in [-0.05, 0) is 18.2 Å². The molecule has 0 aliphatic carbocycles. The van der Waals surface area contributed by atoms with Crippen molar-refractivity contribution in [3.05, 3.63) is 38.3 Å². The molecular formula is C8H4ClNO2S. The van der Waals surface area contributed by atoms with E-state index in [9.17, 15) is 4.79 Å². The molecule has 66 valence electrons. The molecule has 13 heavy (non-hydrogen) atoms. The molecule has 0 amide bonds. The first-order valence-corrected chi connectivity index (χ1v) is 4.28. The Kier molecular flexibility index (Phi) is 1.94. The number of nitrogens with one attached hydrogen (secondary N) is 1. The Morgan fingerprint density at radius 2 is 2.23 bits per heavy atom. The second-order valence-electron chi connectivity index (χ2n) is 2.48. The first-order valence-electron chi connectivity index (χ1n) is 3.49. The standard InChI is InChI=1S/C8H4ClNO2S/c9-4-1-2-6-5(3-4)10-7(13)8(11)12-6/h1-3H,(H,10,13). The van der Waals surface area contributed by atoms with Gasteiger partial charge in [0.1, 0.15) is 0 Å². The molecule has 0 saturated heterocycles. The Morgan fingerprint density at radius 1 is 1.46 bits per heavy atom. The minimum Gasteiger partial charge on any atom is -0.419 e. The molecule has 0 aliphatic rings. The van der Waals surface area contributed by atoms with Crippen molar-refractivity contribution in [1.82, 2.24) is 4.98 Å². The Hall–Kier alpha value is -1.13. The number of aromatic amines is 1. The fourth-order valence-corrected chi connectivity index (χ4v) is 1.33. The van der Waals surface area contributed by atoms with E-state index in [1.54, 1.807) is 18.2 Å². The Morgan fingerprint density at radius 3 is 3.00 bits per heavy atom. The average molecular weight is 214 g/mol. The third-order valence-corrected chi connectivity index (χ3v) is 2.08. The van der Waals surface area contributed by atoms with Gasteiger partial charge in [-0.25, -0.2) is 4.79 Å². The van der Waals surface area contributed by atoms with E-state index < -0.39 is 5.63 Å². The van der Waals surface area contributed by atoms with Gasteiger partial charge in [0.05, 0.1) is 5.52 Å². The molecule has 0 fully saturated rings. The van der Waals surface area contributed by atoms with E-state index in [4.69, 9.17) is 28.2 Å². The van der Waals surface area contributed by atoms with Gasteiger partial charge in [0.25, 0.3) is 0 Å². The molecule has 0 bridgehead atoms. The van der Waals surface area contributed by atoms with Gasteiger partial charge < -0.3 is 9.40 Å². The van der Waals surface area contributed by atoms with Crippen LogP contribution in [0.25, 0.3) is 11.1 Å². The fraction of sp³-hybridized carbons (Fsp3) is 0. The van der Waals surface area contributed by atoms with Crippen LogP contribution in [0, 0.1) is 4.64 Å². The van der Waals surface area contributed by atoms with Crippen molar-refractivity contribution in [2.24, 2.45) is 0 Å². The summed E-state index contributed by atoms with van der Waals surface area (Å²) in [6.45, 7) is 0. The highest BCUT2D eigenvalue weighted by atomic mass is 35.5. The molecule has 1 heterocycles. The summed E-state index contributed by atoms with van der Waals surface area (Å²) in [4.78, 5) is 13.7. The lowest BCUT2D eigenvalue weighted by atomic mass is 10.3. The lowest BCUT2D eigenvalue weighted by Crippen LogP contribution is -2.00. The lowest BCUT2D eigenvalue weighted by molar-refractivity contribution is 0.551. The predicted molar refractivity (Wildman–Crippen MR) is 52.7 cm³/mol. The Bertz CT molecular complexity index is 572. The van der Waals surface area contributed by atoms with Crippen LogP contribution in [0.3, 0.4) is 0 Å². The third kappa shape index (κ3) is 1.50. The zero-order valence-corrected chi connectivity index (χ0v) is 7.91. The predicted octanol–water partition coefficient (Wildman–Crippen LogP) is 2.50. The first-order chi connectivity index (χ1) is 6.16. The summed E-state index contributed by atoms with van der Waals surface area (Å²) in [6, 6.07) is 4.91. The van der Waals surface area contributed by atoms with E-state index in [2.05, 4.69) is 4.98 Å². The van der Waals surface area contributed by atoms with E-state index in [0.29, 0.717) is 16.1 Å². The van der Waals surface area contributed by atoms with Crippen LogP contribution in [0.1, 0.15) is 0 Å². The Balaban J connectivity index is 2.97. The number of rotatable bonds is 0. The number of hydrogen-bond acceptors (Lipinski definition) is 3. The van der Waals surface area contributed by atoms with Crippen LogP contribution >= 0.6 is 23.8 Å². The molecule has 0 radical (unpaired) electrons. The number of hydrogen-bond donors (Lipinski definition) is 1. The summed E-state index contributed by atoms with van der Waals surface area (Å²) >= 11 is 10.5. The van der Waals surface area contributed by atoms with Crippen molar-refractivity contribution < 1.29 is 4.42 Å². The molecule has 2 aromatic rings. The lowest BCUT2D eigenvalue weighted by Gasteiger charge is -1.95. The Labute approximate surface area is 83.0 Å². The highest BCUT2D eigenvalue weighted by Gasteiger charge is 1.99. The van der Waals surface area contributed by atoms with Gasteiger partial charge in [0, 0.05) is 5.02 Å². The van der Waals surface area contributed by atoms with Crippen molar-refractivity contribution in [3.8, 4) is 0 Å². The van der Waals surface area contributed by atoms with Gasteiger partial charge >= 0.3 is 5.63 Å². The molecule has 0 aliphatic heterocycles. The van der Waals surface area contributed by atoms with E-state index in [0.717, 1.165) is 0 Å². The second kappa shape index (κ2) is 2.97. The smallest absolute Gasteiger partial charge is 0.371 e. The molecule has 5 heteroatoms. The number of H-pyrrole nitrogens is 1. The monoisotopic (exact) mass is 213 g/mol. The second-order valence-corrected chi connectivity index (χ2v) is 3.33. The molecule has 1 N–H and O–H groups in total. The van der Waals surface area contributed by atoms with Crippen LogP contribution in [0.2, 0.25) is 5.02 Å². The quantitative estimate of drug-likeness (QED) is 0.684. The van der Waals surface area contributed by atoms with Crippen molar-refractivity contribution >= 4 is 34.9 Å². The van der Waals surface area contributed by atoms with Crippen molar-refractivity contribution in [2.45, 2.75) is 0 Å². The maximum absolute atomic E-state index is 11.0. The van der Waals surface area contributed by atoms with Gasteiger partial charge in [0.15, 0.2) is 10.2 Å². The first kappa shape index (κ1) is 8.47. The maximum atomic E-state index is 11.0. The molecule has 1 aromatic carbocycles. The van der Waals surface area contributed by atoms with Crippen LogP contribution in [-0.4, -0.2) is 4.98 Å². The number of aromatic nitrogens is 1. The fourth-order valence-electron chi connectivity index (χ4n) is 1.01. The van der Waals surface area contributed by atoms with Gasteiger partial charge in [-0.1, -0.05) is 23.8 Å². The highest BCUT2D eigenvalue weighted by molar-refractivity contribution is 7.71. The summed E-state index contributed by atoms with van der Waals surface area (Å²) < 4.78 is 4.95. The molecule has 3 nitrogen and oxygen atoms in total. The molecule has 0 saturated carbocycles. The third-order valence-electron chi connectivity index (χ3n) is 1.58. The summed E-state index contributed by atoms with van der Waals surface area (Å²) in [5, 5.41) is 0.562. The summed E-state index contributed by atoms with van der Waals surface area (Å²) in [6.07, 6.45) is 0. The van der Waals surface area contributed by atoms with E-state index in [1.807, 2.05) is 0 Å². The molecule has 2 rings (SSSR count). The number of halogens is 1. The molecule has 1 aromatic heterocycles. The number of fused-ring (bicyclic) bond motifs is 1. The van der Waals surface area contributed by atoms with Crippen molar-refractivity contribution in [2.75, 3.05) is 0 Å². The summed E-state index contributed by atoms with van der Waals surface area (Å²) in [7, 11) is 0. The van der Waals surface area contributed by atoms with Crippen LogP contribution in [0.15, 0.2) is 27.4 Å².